The summed E-state index contributed by atoms with van der Waals surface area (Å²) < 4.78 is 139. The van der Waals surface area contributed by atoms with Gasteiger partial charge in [-0.3, -0.25) is 0 Å². The summed E-state index contributed by atoms with van der Waals surface area (Å²) in [6.07, 6.45) is -14.4. The lowest BCUT2D eigenvalue weighted by molar-refractivity contribution is -0.463. The highest BCUT2D eigenvalue weighted by molar-refractivity contribution is 5.04. The van der Waals surface area contributed by atoms with E-state index in [1.165, 1.54) is 0 Å². The molecule has 0 aromatic heterocycles. The van der Waals surface area contributed by atoms with E-state index in [2.05, 4.69) is 4.74 Å². The van der Waals surface area contributed by atoms with Crippen LogP contribution in [-0.2, 0) is 4.74 Å². The van der Waals surface area contributed by atoms with Gasteiger partial charge in [0.05, 0.1) is 6.61 Å². The summed E-state index contributed by atoms with van der Waals surface area (Å²) in [7, 11) is 0. The molecule has 1 nitrogen and oxygen atoms in total. The van der Waals surface area contributed by atoms with E-state index < -0.39 is 43.1 Å². The number of halogens is 11. The molecule has 0 radical (unpaired) electrons. The molecule has 0 N–H and O–H groups in total. The van der Waals surface area contributed by atoms with Crippen molar-refractivity contribution in [1.82, 2.24) is 0 Å². The van der Waals surface area contributed by atoms with E-state index in [4.69, 9.17) is 0 Å². The molecule has 12 heteroatoms. The molecule has 0 aliphatic heterocycles. The summed E-state index contributed by atoms with van der Waals surface area (Å²) in [4.78, 5) is 0. The maximum Gasteiger partial charge on any atom is 0.460 e. The van der Waals surface area contributed by atoms with Gasteiger partial charge in [-0.2, -0.15) is 48.3 Å². The maximum absolute atomic E-state index is 13.2. The standard InChI is InChI=1S/C8H7F11O/c1-2-3-20-6(13,8(17,18)19)4(9,10)5(11,12)7(14,15)16/h2-3H2,1H3. The first-order valence-corrected chi connectivity index (χ1v) is 4.78. The summed E-state index contributed by atoms with van der Waals surface area (Å²) in [5, 5.41) is 0. The fraction of sp³-hybridized carbons (Fsp3) is 1.00. The minimum absolute atomic E-state index is 0.532. The van der Waals surface area contributed by atoms with E-state index in [0.717, 1.165) is 6.92 Å². The van der Waals surface area contributed by atoms with E-state index in [1.54, 1.807) is 0 Å². The lowest BCUT2D eigenvalue weighted by atomic mass is 10.0. The number of ether oxygens (including phenoxy) is 1. The van der Waals surface area contributed by atoms with E-state index in [1.807, 2.05) is 0 Å². The molecular weight excluding hydrogens is 321 g/mol. The quantitative estimate of drug-likeness (QED) is 0.677. The molecule has 0 aliphatic carbocycles. The zero-order valence-corrected chi connectivity index (χ0v) is 9.48. The molecule has 0 heterocycles. The highest BCUT2D eigenvalue weighted by atomic mass is 19.4. The molecule has 0 aromatic rings. The molecule has 0 spiro atoms. The van der Waals surface area contributed by atoms with Crippen molar-refractivity contribution in [3.05, 3.63) is 0 Å². The monoisotopic (exact) mass is 328 g/mol. The number of hydrogen-bond acceptors (Lipinski definition) is 1. The average Bonchev–Trinajstić information content (AvgIpc) is 2.21. The molecule has 0 fully saturated rings. The lowest BCUT2D eigenvalue weighted by Crippen LogP contribution is -2.68. The zero-order chi connectivity index (χ0) is 16.6. The molecule has 20 heavy (non-hydrogen) atoms. The smallest absolute Gasteiger partial charge is 0.334 e. The van der Waals surface area contributed by atoms with Crippen LogP contribution in [0.1, 0.15) is 13.3 Å². The summed E-state index contributed by atoms with van der Waals surface area (Å²) >= 11 is 0. The molecule has 0 bridgehead atoms. The van der Waals surface area contributed by atoms with Crippen LogP contribution in [0, 0.1) is 0 Å². The Morgan fingerprint density at radius 1 is 0.650 bits per heavy atom. The van der Waals surface area contributed by atoms with Crippen LogP contribution >= 0.6 is 0 Å². The van der Waals surface area contributed by atoms with Gasteiger partial charge in [-0.15, -0.1) is 0 Å². The van der Waals surface area contributed by atoms with Crippen molar-refractivity contribution in [2.45, 2.75) is 43.4 Å². The van der Waals surface area contributed by atoms with Crippen molar-refractivity contribution in [2.75, 3.05) is 6.61 Å². The Hall–Kier alpha value is -0.810. The van der Waals surface area contributed by atoms with Crippen LogP contribution in [0.15, 0.2) is 0 Å². The largest absolute Gasteiger partial charge is 0.460 e. The second-order valence-electron chi connectivity index (χ2n) is 3.59. The van der Waals surface area contributed by atoms with Crippen LogP contribution in [-0.4, -0.2) is 36.7 Å². The van der Waals surface area contributed by atoms with E-state index >= 15 is 0 Å². The van der Waals surface area contributed by atoms with Gasteiger partial charge in [-0.1, -0.05) is 6.92 Å². The minimum Gasteiger partial charge on any atom is -0.334 e. The second kappa shape index (κ2) is 5.19. The second-order valence-corrected chi connectivity index (χ2v) is 3.59. The summed E-state index contributed by atoms with van der Waals surface area (Å²) in [5.74, 6) is -21.0. The third-order valence-electron chi connectivity index (χ3n) is 2.02. The molecule has 0 aromatic carbocycles. The van der Waals surface area contributed by atoms with E-state index in [9.17, 15) is 48.3 Å². The minimum atomic E-state index is -7.28. The van der Waals surface area contributed by atoms with Gasteiger partial charge in [0, 0.05) is 0 Å². The SMILES string of the molecule is CCCOC(F)(C(F)(F)F)C(F)(F)C(F)(F)C(F)(F)F. The molecule has 0 aliphatic rings. The first kappa shape index (κ1) is 19.2. The summed E-state index contributed by atoms with van der Waals surface area (Å²) in [5.41, 5.74) is 0. The predicted molar refractivity (Wildman–Crippen MR) is 42.1 cm³/mol. The normalized spacial score (nSPS) is 18.0. The van der Waals surface area contributed by atoms with Crippen LogP contribution in [0.25, 0.3) is 0 Å². The highest BCUT2D eigenvalue weighted by Gasteiger charge is 2.87. The predicted octanol–water partition coefficient (Wildman–Crippen LogP) is 4.47. The molecule has 1 atom stereocenters. The van der Waals surface area contributed by atoms with Crippen LogP contribution in [0.5, 0.6) is 0 Å². The number of alkyl halides is 11. The Bertz CT molecular complexity index is 330. The molecule has 1 unspecified atom stereocenters. The van der Waals surface area contributed by atoms with E-state index in [0.29, 0.717) is 0 Å². The van der Waals surface area contributed by atoms with Crippen molar-refractivity contribution in [1.29, 1.82) is 0 Å². The van der Waals surface area contributed by atoms with Crippen molar-refractivity contribution < 1.29 is 53.0 Å². The first-order valence-electron chi connectivity index (χ1n) is 4.78. The topological polar surface area (TPSA) is 9.23 Å². The number of rotatable bonds is 5. The van der Waals surface area contributed by atoms with Crippen LogP contribution in [0.4, 0.5) is 48.3 Å². The third-order valence-corrected chi connectivity index (χ3v) is 2.02. The van der Waals surface area contributed by atoms with Gasteiger partial charge in [0.15, 0.2) is 0 Å². The fourth-order valence-electron chi connectivity index (χ4n) is 0.973. The van der Waals surface area contributed by atoms with Gasteiger partial charge < -0.3 is 4.74 Å². The Balaban J connectivity index is 5.92. The molecule has 0 amide bonds. The van der Waals surface area contributed by atoms with E-state index in [-0.39, 0.29) is 0 Å². The molecule has 0 rings (SSSR count). The maximum atomic E-state index is 13.2. The molecular formula is C8H7F11O. The fourth-order valence-corrected chi connectivity index (χ4v) is 0.973. The van der Waals surface area contributed by atoms with Crippen molar-refractivity contribution >= 4 is 0 Å². The zero-order valence-electron chi connectivity index (χ0n) is 9.48. The Kier molecular flexibility index (Phi) is 4.98. The lowest BCUT2D eigenvalue weighted by Gasteiger charge is -2.38. The van der Waals surface area contributed by atoms with Crippen molar-refractivity contribution in [3.63, 3.8) is 0 Å². The molecule has 0 saturated carbocycles. The Labute approximate surface area is 104 Å². The van der Waals surface area contributed by atoms with Gasteiger partial charge >= 0.3 is 30.1 Å². The first-order chi connectivity index (χ1) is 8.56. The summed E-state index contributed by atoms with van der Waals surface area (Å²) in [6, 6.07) is 0. The van der Waals surface area contributed by atoms with Crippen molar-refractivity contribution in [3.8, 4) is 0 Å². The van der Waals surface area contributed by atoms with Gasteiger partial charge in [-0.25, -0.2) is 0 Å². The van der Waals surface area contributed by atoms with Crippen LogP contribution in [0.2, 0.25) is 0 Å². The van der Waals surface area contributed by atoms with Gasteiger partial charge in [0.25, 0.3) is 0 Å². The number of hydrogen-bond donors (Lipinski definition) is 0. The van der Waals surface area contributed by atoms with Gasteiger partial charge in [0.2, 0.25) is 0 Å². The molecule has 0 saturated heterocycles. The summed E-state index contributed by atoms with van der Waals surface area (Å²) in [6.45, 7) is -0.448. The van der Waals surface area contributed by atoms with Crippen LogP contribution in [0.3, 0.4) is 0 Å². The Morgan fingerprint density at radius 2 is 1.05 bits per heavy atom. The third kappa shape index (κ3) is 2.79. The molecule has 122 valence electrons. The Morgan fingerprint density at radius 3 is 1.30 bits per heavy atom. The highest BCUT2D eigenvalue weighted by Crippen LogP contribution is 2.57. The van der Waals surface area contributed by atoms with Crippen LogP contribution < -0.4 is 0 Å². The van der Waals surface area contributed by atoms with Crippen molar-refractivity contribution in [2.24, 2.45) is 0 Å². The average molecular weight is 328 g/mol. The van der Waals surface area contributed by atoms with Gasteiger partial charge in [0.1, 0.15) is 0 Å². The van der Waals surface area contributed by atoms with Gasteiger partial charge in [-0.05, 0) is 6.42 Å².